The van der Waals surface area contributed by atoms with E-state index in [9.17, 15) is 13.5 Å². The molecule has 0 spiro atoms. The van der Waals surface area contributed by atoms with Crippen molar-refractivity contribution in [3.63, 3.8) is 0 Å². The summed E-state index contributed by atoms with van der Waals surface area (Å²) in [6.07, 6.45) is 4.15. The maximum atomic E-state index is 12.1. The molecule has 1 N–H and O–H groups in total. The van der Waals surface area contributed by atoms with E-state index in [0.717, 1.165) is 19.3 Å². The molecule has 6 heteroatoms. The van der Waals surface area contributed by atoms with E-state index in [2.05, 4.69) is 0 Å². The average Bonchev–Trinajstić information content (AvgIpc) is 2.65. The minimum absolute atomic E-state index is 0.198. The highest BCUT2D eigenvalue weighted by Crippen LogP contribution is 2.30. The van der Waals surface area contributed by atoms with Crippen LogP contribution >= 0.6 is 0 Å². The van der Waals surface area contributed by atoms with E-state index in [1.54, 1.807) is 7.05 Å². The second kappa shape index (κ2) is 5.65. The third-order valence-corrected chi connectivity index (χ3v) is 5.26. The van der Waals surface area contributed by atoms with Gasteiger partial charge in [-0.15, -0.1) is 0 Å². The summed E-state index contributed by atoms with van der Waals surface area (Å²) in [7, 11) is -0.303. The Morgan fingerprint density at radius 3 is 2.18 bits per heavy atom. The SMILES string of the molecule is CCCN(C)S(=O)(=O)N(C)CC1(O)CCCC1. The molecule has 0 unspecified atom stereocenters. The van der Waals surface area contributed by atoms with Crippen LogP contribution in [0.25, 0.3) is 0 Å². The van der Waals surface area contributed by atoms with Crippen LogP contribution in [0.3, 0.4) is 0 Å². The number of likely N-dealkylation sites (N-methyl/N-ethyl adjacent to an activating group) is 1. The average molecular weight is 264 g/mol. The minimum Gasteiger partial charge on any atom is -0.389 e. The van der Waals surface area contributed by atoms with Gasteiger partial charge in [-0.1, -0.05) is 19.8 Å². The second-order valence-electron chi connectivity index (χ2n) is 5.02. The molecule has 1 aliphatic rings. The first-order valence-corrected chi connectivity index (χ1v) is 7.61. The van der Waals surface area contributed by atoms with Gasteiger partial charge in [-0.2, -0.15) is 17.0 Å². The van der Waals surface area contributed by atoms with Crippen molar-refractivity contribution in [3.8, 4) is 0 Å². The summed E-state index contributed by atoms with van der Waals surface area (Å²) in [5.74, 6) is 0. The zero-order chi connectivity index (χ0) is 13.1. The molecule has 0 aromatic heterocycles. The van der Waals surface area contributed by atoms with E-state index >= 15 is 0 Å². The van der Waals surface area contributed by atoms with Gasteiger partial charge in [-0.05, 0) is 19.3 Å². The summed E-state index contributed by atoms with van der Waals surface area (Å²) in [5, 5.41) is 10.2. The van der Waals surface area contributed by atoms with Crippen molar-refractivity contribution < 1.29 is 13.5 Å². The molecule has 1 aliphatic carbocycles. The number of hydrogen-bond donors (Lipinski definition) is 1. The highest BCUT2D eigenvalue weighted by molar-refractivity contribution is 7.86. The molecule has 0 amide bonds. The van der Waals surface area contributed by atoms with Crippen molar-refractivity contribution in [3.05, 3.63) is 0 Å². The Balaban J connectivity index is 2.65. The first kappa shape index (κ1) is 14.9. The Morgan fingerprint density at radius 2 is 1.71 bits per heavy atom. The standard InChI is InChI=1S/C11H24N2O3S/c1-4-9-12(2)17(15,16)13(3)10-11(14)7-5-6-8-11/h14H,4-10H2,1-3H3. The summed E-state index contributed by atoms with van der Waals surface area (Å²) in [6.45, 7) is 2.64. The molecule has 0 aromatic carbocycles. The highest BCUT2D eigenvalue weighted by Gasteiger charge is 2.36. The van der Waals surface area contributed by atoms with Crippen molar-refractivity contribution in [2.45, 2.75) is 44.6 Å². The highest BCUT2D eigenvalue weighted by atomic mass is 32.2. The van der Waals surface area contributed by atoms with Gasteiger partial charge in [0.2, 0.25) is 0 Å². The molecule has 5 nitrogen and oxygen atoms in total. The topological polar surface area (TPSA) is 60.9 Å². The lowest BCUT2D eigenvalue weighted by molar-refractivity contribution is 0.0323. The lowest BCUT2D eigenvalue weighted by atomic mass is 10.0. The van der Waals surface area contributed by atoms with E-state index in [-0.39, 0.29) is 6.54 Å². The van der Waals surface area contributed by atoms with Gasteiger partial charge in [0.15, 0.2) is 0 Å². The van der Waals surface area contributed by atoms with Crippen molar-refractivity contribution in [2.75, 3.05) is 27.2 Å². The van der Waals surface area contributed by atoms with E-state index in [0.29, 0.717) is 19.4 Å². The number of rotatable bonds is 6. The van der Waals surface area contributed by atoms with Gasteiger partial charge in [0.25, 0.3) is 10.2 Å². The predicted octanol–water partition coefficient (Wildman–Crippen LogP) is 0.810. The van der Waals surface area contributed by atoms with Gasteiger partial charge < -0.3 is 5.11 Å². The molecule has 0 atom stereocenters. The van der Waals surface area contributed by atoms with Crippen molar-refractivity contribution in [1.82, 2.24) is 8.61 Å². The molecule has 0 aromatic rings. The van der Waals surface area contributed by atoms with Crippen molar-refractivity contribution in [2.24, 2.45) is 0 Å². The Hall–Kier alpha value is -0.170. The molecule has 1 fully saturated rings. The largest absolute Gasteiger partial charge is 0.389 e. The lowest BCUT2D eigenvalue weighted by Gasteiger charge is -2.30. The minimum atomic E-state index is -3.42. The molecule has 1 rings (SSSR count). The number of hydrogen-bond acceptors (Lipinski definition) is 3. The van der Waals surface area contributed by atoms with Crippen LogP contribution in [0.15, 0.2) is 0 Å². The Morgan fingerprint density at radius 1 is 1.18 bits per heavy atom. The van der Waals surface area contributed by atoms with Crippen LogP contribution in [-0.4, -0.2) is 54.9 Å². The normalized spacial score (nSPS) is 20.4. The van der Waals surface area contributed by atoms with Crippen LogP contribution in [-0.2, 0) is 10.2 Å². The Bertz CT molecular complexity index is 337. The summed E-state index contributed by atoms with van der Waals surface area (Å²) in [6, 6.07) is 0. The fourth-order valence-corrected chi connectivity index (χ4v) is 3.65. The number of aliphatic hydroxyl groups is 1. The van der Waals surface area contributed by atoms with Crippen LogP contribution in [0.2, 0.25) is 0 Å². The molecule has 0 saturated heterocycles. The predicted molar refractivity (Wildman–Crippen MR) is 67.9 cm³/mol. The molecule has 1 saturated carbocycles. The third-order valence-electron chi connectivity index (χ3n) is 3.38. The molecule has 0 heterocycles. The van der Waals surface area contributed by atoms with Crippen LogP contribution in [0.5, 0.6) is 0 Å². The molecule has 0 radical (unpaired) electrons. The number of nitrogens with zero attached hydrogens (tertiary/aromatic N) is 2. The Kier molecular flexibility index (Phi) is 4.95. The summed E-state index contributed by atoms with van der Waals surface area (Å²) in [4.78, 5) is 0. The first-order chi connectivity index (χ1) is 7.82. The summed E-state index contributed by atoms with van der Waals surface area (Å²) >= 11 is 0. The van der Waals surface area contributed by atoms with Crippen LogP contribution in [0.1, 0.15) is 39.0 Å². The fourth-order valence-electron chi connectivity index (χ4n) is 2.36. The molecular weight excluding hydrogens is 240 g/mol. The monoisotopic (exact) mass is 264 g/mol. The second-order valence-corrected chi connectivity index (χ2v) is 7.16. The maximum absolute atomic E-state index is 12.1. The Labute approximate surface area is 105 Å². The van der Waals surface area contributed by atoms with E-state index < -0.39 is 15.8 Å². The van der Waals surface area contributed by atoms with E-state index in [4.69, 9.17) is 0 Å². The van der Waals surface area contributed by atoms with Gasteiger partial charge in [0.05, 0.1) is 5.60 Å². The van der Waals surface area contributed by atoms with Gasteiger partial charge in [-0.3, -0.25) is 0 Å². The molecule has 0 bridgehead atoms. The van der Waals surface area contributed by atoms with E-state index in [1.807, 2.05) is 6.92 Å². The smallest absolute Gasteiger partial charge is 0.281 e. The van der Waals surface area contributed by atoms with Crippen LogP contribution in [0.4, 0.5) is 0 Å². The first-order valence-electron chi connectivity index (χ1n) is 6.22. The van der Waals surface area contributed by atoms with Crippen LogP contribution in [0, 0.1) is 0 Å². The molecule has 0 aliphatic heterocycles. The van der Waals surface area contributed by atoms with Gasteiger partial charge >= 0.3 is 0 Å². The zero-order valence-corrected chi connectivity index (χ0v) is 11.8. The van der Waals surface area contributed by atoms with Crippen molar-refractivity contribution >= 4 is 10.2 Å². The van der Waals surface area contributed by atoms with Crippen molar-refractivity contribution in [1.29, 1.82) is 0 Å². The molecular formula is C11H24N2O3S. The summed E-state index contributed by atoms with van der Waals surface area (Å²) < 4.78 is 26.8. The summed E-state index contributed by atoms with van der Waals surface area (Å²) in [5.41, 5.74) is -0.825. The van der Waals surface area contributed by atoms with Gasteiger partial charge in [0.1, 0.15) is 0 Å². The quantitative estimate of drug-likeness (QED) is 0.772. The zero-order valence-electron chi connectivity index (χ0n) is 11.0. The molecule has 17 heavy (non-hydrogen) atoms. The van der Waals surface area contributed by atoms with Gasteiger partial charge in [-0.25, -0.2) is 0 Å². The lowest BCUT2D eigenvalue weighted by Crippen LogP contribution is -2.47. The molecule has 102 valence electrons. The van der Waals surface area contributed by atoms with Gasteiger partial charge in [0, 0.05) is 27.2 Å². The third kappa shape index (κ3) is 3.64. The van der Waals surface area contributed by atoms with Crippen LogP contribution < -0.4 is 0 Å². The maximum Gasteiger partial charge on any atom is 0.281 e. The van der Waals surface area contributed by atoms with E-state index in [1.165, 1.54) is 15.7 Å². The fraction of sp³-hybridized carbons (Fsp3) is 1.00.